The van der Waals surface area contributed by atoms with Crippen molar-refractivity contribution in [3.05, 3.63) is 47.5 Å². The monoisotopic (exact) mass is 404 g/mol. The van der Waals surface area contributed by atoms with E-state index in [-0.39, 0.29) is 11.7 Å². The van der Waals surface area contributed by atoms with Gasteiger partial charge in [0, 0.05) is 16.7 Å². The largest absolute Gasteiger partial charge is 0.497 e. The molecule has 0 aliphatic rings. The van der Waals surface area contributed by atoms with E-state index in [0.29, 0.717) is 33.2 Å². The number of hydrogen-bond acceptors (Lipinski definition) is 6. The summed E-state index contributed by atoms with van der Waals surface area (Å²) in [5.74, 6) is 1.74. The van der Waals surface area contributed by atoms with Crippen LogP contribution in [-0.4, -0.2) is 41.1 Å². The normalized spacial score (nSPS) is 10.5. The minimum atomic E-state index is -0.204. The Kier molecular flexibility index (Phi) is 6.20. The number of nitrogens with zero attached hydrogens (tertiary/aromatic N) is 2. The Bertz CT molecular complexity index is 931. The van der Waals surface area contributed by atoms with Crippen LogP contribution in [0.1, 0.15) is 0 Å². The number of rotatable bonds is 7. The lowest BCUT2D eigenvalue weighted by Crippen LogP contribution is -2.15. The van der Waals surface area contributed by atoms with Crippen LogP contribution >= 0.6 is 23.4 Å². The Balaban J connectivity index is 1.61. The van der Waals surface area contributed by atoms with Crippen LogP contribution in [0.15, 0.2) is 47.6 Å². The van der Waals surface area contributed by atoms with Gasteiger partial charge < -0.3 is 14.8 Å². The fraction of sp³-hybridized carbons (Fsp3) is 0.167. The number of nitrogens with one attached hydrogen (secondary N) is 2. The summed E-state index contributed by atoms with van der Waals surface area (Å²) in [5.41, 5.74) is 1.41. The molecule has 3 rings (SSSR count). The highest BCUT2D eigenvalue weighted by Crippen LogP contribution is 2.29. The van der Waals surface area contributed by atoms with Gasteiger partial charge in [-0.15, -0.1) is 5.10 Å². The number of anilines is 1. The van der Waals surface area contributed by atoms with E-state index in [0.717, 1.165) is 5.56 Å². The van der Waals surface area contributed by atoms with Gasteiger partial charge in [0.1, 0.15) is 11.5 Å². The number of aromatic nitrogens is 3. The number of aromatic amines is 1. The van der Waals surface area contributed by atoms with Gasteiger partial charge in [0.25, 0.3) is 0 Å². The molecule has 0 aliphatic heterocycles. The quantitative estimate of drug-likeness (QED) is 0.581. The van der Waals surface area contributed by atoms with Gasteiger partial charge in [-0.25, -0.2) is 4.98 Å². The van der Waals surface area contributed by atoms with Crippen molar-refractivity contribution in [1.29, 1.82) is 0 Å². The second kappa shape index (κ2) is 8.79. The summed E-state index contributed by atoms with van der Waals surface area (Å²) < 4.78 is 10.4. The molecule has 0 aliphatic carbocycles. The lowest BCUT2D eigenvalue weighted by molar-refractivity contribution is -0.113. The molecule has 0 spiro atoms. The molecule has 0 unspecified atom stereocenters. The fourth-order valence-corrected chi connectivity index (χ4v) is 3.00. The number of thioether (sulfide) groups is 1. The third kappa shape index (κ3) is 4.93. The summed E-state index contributed by atoms with van der Waals surface area (Å²) in [5, 5.41) is 10.9. The van der Waals surface area contributed by atoms with Crippen LogP contribution in [0.25, 0.3) is 11.4 Å². The summed E-state index contributed by atoms with van der Waals surface area (Å²) in [6.45, 7) is 0. The van der Waals surface area contributed by atoms with Gasteiger partial charge in [-0.1, -0.05) is 23.4 Å². The molecule has 1 amide bonds. The number of halogens is 1. The standard InChI is InChI=1S/C18H17ClN4O3S/c1-25-13-7-8-15(26-2)14(9-13)20-16(24)10-27-18-21-17(22-23-18)11-3-5-12(19)6-4-11/h3-9H,10H2,1-2H3,(H,20,24)(H,21,22,23). The van der Waals surface area contributed by atoms with Gasteiger partial charge >= 0.3 is 0 Å². The predicted octanol–water partition coefficient (Wildman–Crippen LogP) is 3.87. The Morgan fingerprint density at radius 2 is 1.96 bits per heavy atom. The number of carbonyl (C=O) groups excluding carboxylic acids is 1. The summed E-state index contributed by atoms with van der Waals surface area (Å²) in [6.07, 6.45) is 0. The SMILES string of the molecule is COc1ccc(OC)c(NC(=O)CSc2n[nH]c(-c3ccc(Cl)cc3)n2)c1. The number of hydrogen-bond donors (Lipinski definition) is 2. The molecular weight excluding hydrogens is 388 g/mol. The van der Waals surface area contributed by atoms with Crippen molar-refractivity contribution >= 4 is 35.0 Å². The van der Waals surface area contributed by atoms with E-state index in [1.54, 1.807) is 37.4 Å². The molecule has 140 valence electrons. The van der Waals surface area contributed by atoms with Gasteiger partial charge in [-0.2, -0.15) is 0 Å². The molecule has 27 heavy (non-hydrogen) atoms. The van der Waals surface area contributed by atoms with Crippen molar-refractivity contribution in [1.82, 2.24) is 15.2 Å². The third-order valence-electron chi connectivity index (χ3n) is 3.60. The third-order valence-corrected chi connectivity index (χ3v) is 4.69. The second-order valence-corrected chi connectivity index (χ2v) is 6.76. The molecule has 0 fully saturated rings. The van der Waals surface area contributed by atoms with Crippen LogP contribution in [0.5, 0.6) is 11.5 Å². The van der Waals surface area contributed by atoms with Crippen LogP contribution < -0.4 is 14.8 Å². The van der Waals surface area contributed by atoms with Crippen LogP contribution in [-0.2, 0) is 4.79 Å². The summed E-state index contributed by atoms with van der Waals surface area (Å²) in [7, 11) is 3.10. The number of carbonyl (C=O) groups is 1. The van der Waals surface area contributed by atoms with E-state index in [9.17, 15) is 4.79 Å². The van der Waals surface area contributed by atoms with Crippen LogP contribution in [0.4, 0.5) is 5.69 Å². The first-order valence-corrected chi connectivity index (χ1v) is 9.28. The van der Waals surface area contributed by atoms with E-state index in [4.69, 9.17) is 21.1 Å². The molecule has 1 aromatic heterocycles. The average Bonchev–Trinajstić information content (AvgIpc) is 3.16. The molecule has 0 radical (unpaired) electrons. The summed E-state index contributed by atoms with van der Waals surface area (Å²) >= 11 is 7.11. The van der Waals surface area contributed by atoms with Gasteiger partial charge in [0.2, 0.25) is 11.1 Å². The molecule has 9 heteroatoms. The molecule has 0 bridgehead atoms. The van der Waals surface area contributed by atoms with Gasteiger partial charge in [0.05, 0.1) is 25.7 Å². The maximum absolute atomic E-state index is 12.3. The lowest BCUT2D eigenvalue weighted by atomic mass is 10.2. The highest BCUT2D eigenvalue weighted by Gasteiger charge is 2.12. The second-order valence-electron chi connectivity index (χ2n) is 5.38. The summed E-state index contributed by atoms with van der Waals surface area (Å²) in [4.78, 5) is 16.6. The molecule has 3 aromatic rings. The smallest absolute Gasteiger partial charge is 0.234 e. The first kappa shape index (κ1) is 19.1. The molecular formula is C18H17ClN4O3S. The zero-order valence-electron chi connectivity index (χ0n) is 14.7. The highest BCUT2D eigenvalue weighted by atomic mass is 35.5. The molecule has 0 saturated heterocycles. The van der Waals surface area contributed by atoms with Crippen molar-refractivity contribution < 1.29 is 14.3 Å². The molecule has 1 heterocycles. The van der Waals surface area contributed by atoms with Crippen LogP contribution in [0, 0.1) is 0 Å². The van der Waals surface area contributed by atoms with Crippen molar-refractivity contribution in [2.24, 2.45) is 0 Å². The zero-order valence-corrected chi connectivity index (χ0v) is 16.2. The Morgan fingerprint density at radius 1 is 1.19 bits per heavy atom. The Morgan fingerprint density at radius 3 is 2.67 bits per heavy atom. The number of ether oxygens (including phenoxy) is 2. The van der Waals surface area contributed by atoms with Gasteiger partial charge in [-0.05, 0) is 36.4 Å². The van der Waals surface area contributed by atoms with Crippen molar-refractivity contribution in [3.8, 4) is 22.9 Å². The minimum Gasteiger partial charge on any atom is -0.497 e. The zero-order chi connectivity index (χ0) is 19.2. The van der Waals surface area contributed by atoms with E-state index in [1.807, 2.05) is 12.1 Å². The number of amides is 1. The van der Waals surface area contributed by atoms with Gasteiger partial charge in [-0.3, -0.25) is 9.89 Å². The van der Waals surface area contributed by atoms with Crippen molar-refractivity contribution in [2.75, 3.05) is 25.3 Å². The molecule has 2 aromatic carbocycles. The van der Waals surface area contributed by atoms with Gasteiger partial charge in [0.15, 0.2) is 5.82 Å². The summed E-state index contributed by atoms with van der Waals surface area (Å²) in [6, 6.07) is 12.4. The topological polar surface area (TPSA) is 89.1 Å². The number of H-pyrrole nitrogens is 1. The first-order chi connectivity index (χ1) is 13.1. The first-order valence-electron chi connectivity index (χ1n) is 7.92. The van der Waals surface area contributed by atoms with Crippen LogP contribution in [0.3, 0.4) is 0 Å². The number of methoxy groups -OCH3 is 2. The van der Waals surface area contributed by atoms with E-state index in [1.165, 1.54) is 18.9 Å². The molecule has 2 N–H and O–H groups in total. The fourth-order valence-electron chi connectivity index (χ4n) is 2.28. The molecule has 0 saturated carbocycles. The maximum Gasteiger partial charge on any atom is 0.234 e. The highest BCUT2D eigenvalue weighted by molar-refractivity contribution is 7.99. The Hall–Kier alpha value is -2.71. The molecule has 0 atom stereocenters. The predicted molar refractivity (Wildman–Crippen MR) is 106 cm³/mol. The van der Waals surface area contributed by atoms with E-state index < -0.39 is 0 Å². The molecule has 7 nitrogen and oxygen atoms in total. The minimum absolute atomic E-state index is 0.151. The number of benzene rings is 2. The van der Waals surface area contributed by atoms with Crippen molar-refractivity contribution in [2.45, 2.75) is 5.16 Å². The van der Waals surface area contributed by atoms with E-state index in [2.05, 4.69) is 20.5 Å². The van der Waals surface area contributed by atoms with Crippen molar-refractivity contribution in [3.63, 3.8) is 0 Å². The van der Waals surface area contributed by atoms with Crippen LogP contribution in [0.2, 0.25) is 5.02 Å². The Labute approximate surface area is 165 Å². The maximum atomic E-state index is 12.3. The average molecular weight is 405 g/mol. The lowest BCUT2D eigenvalue weighted by Gasteiger charge is -2.11. The van der Waals surface area contributed by atoms with E-state index >= 15 is 0 Å².